The van der Waals surface area contributed by atoms with Crippen LogP contribution in [0.1, 0.15) is 35.1 Å². The van der Waals surface area contributed by atoms with Gasteiger partial charge in [0, 0.05) is 24.6 Å². The summed E-state index contributed by atoms with van der Waals surface area (Å²) in [5, 5.41) is 0.910. The summed E-state index contributed by atoms with van der Waals surface area (Å²) >= 11 is 1.55. The van der Waals surface area contributed by atoms with Crippen molar-refractivity contribution in [3.63, 3.8) is 0 Å². The number of hydrogen-bond donors (Lipinski definition) is 0. The Hall–Kier alpha value is -1.14. The van der Waals surface area contributed by atoms with Gasteiger partial charge in [-0.1, -0.05) is 0 Å². The minimum Gasteiger partial charge on any atom is -0.464 e. The van der Waals surface area contributed by atoms with Gasteiger partial charge in [-0.15, -0.1) is 11.3 Å². The molecule has 0 aromatic carbocycles. The molecule has 1 aliphatic rings. The number of aromatic nitrogens is 1. The fraction of sp³-hybridized carbons (Fsp3) is 0.692. The van der Waals surface area contributed by atoms with Crippen LogP contribution < -0.4 is 4.90 Å². The summed E-state index contributed by atoms with van der Waals surface area (Å²) in [6.07, 6.45) is 2.39. The summed E-state index contributed by atoms with van der Waals surface area (Å²) < 4.78 is 10.4. The van der Waals surface area contributed by atoms with Gasteiger partial charge in [-0.3, -0.25) is 0 Å². The van der Waals surface area contributed by atoms with Crippen molar-refractivity contribution in [3.8, 4) is 0 Å². The first-order chi connectivity index (χ1) is 9.15. The highest BCUT2D eigenvalue weighted by Gasteiger charge is 2.24. The summed E-state index contributed by atoms with van der Waals surface area (Å²) in [4.78, 5) is 19.1. The van der Waals surface area contributed by atoms with Crippen LogP contribution in [0.5, 0.6) is 0 Å². The molecule has 5 nitrogen and oxygen atoms in total. The van der Waals surface area contributed by atoms with Gasteiger partial charge in [0.05, 0.1) is 13.2 Å². The molecule has 2 heterocycles. The summed E-state index contributed by atoms with van der Waals surface area (Å²) in [5.74, 6) is -0.357. The van der Waals surface area contributed by atoms with Crippen molar-refractivity contribution in [2.24, 2.45) is 0 Å². The number of ether oxygens (including phenoxy) is 2. The lowest BCUT2D eigenvalue weighted by molar-refractivity contribution is 0.0458. The number of carbonyl (C=O) groups is 1. The lowest BCUT2D eigenvalue weighted by Gasteiger charge is -2.31. The van der Waals surface area contributed by atoms with E-state index >= 15 is 0 Å². The van der Waals surface area contributed by atoms with Gasteiger partial charge in [0.2, 0.25) is 0 Å². The van der Waals surface area contributed by atoms with Crippen LogP contribution in [0, 0.1) is 6.92 Å². The molecule has 1 aliphatic heterocycles. The maximum atomic E-state index is 11.6. The van der Waals surface area contributed by atoms with E-state index in [-0.39, 0.29) is 5.97 Å². The van der Waals surface area contributed by atoms with Gasteiger partial charge in [-0.2, -0.15) is 0 Å². The summed E-state index contributed by atoms with van der Waals surface area (Å²) in [6.45, 7) is 6.56. The first kappa shape index (κ1) is 14.3. The Labute approximate surface area is 117 Å². The average molecular weight is 284 g/mol. The van der Waals surface area contributed by atoms with E-state index in [4.69, 9.17) is 9.47 Å². The van der Waals surface area contributed by atoms with Gasteiger partial charge in [0.25, 0.3) is 0 Å². The summed E-state index contributed by atoms with van der Waals surface area (Å²) in [6, 6.07) is 0. The number of carbonyl (C=O) groups excluding carboxylic acids is 1. The van der Waals surface area contributed by atoms with Gasteiger partial charge in [-0.25, -0.2) is 9.78 Å². The topological polar surface area (TPSA) is 51.7 Å². The largest absolute Gasteiger partial charge is 0.464 e. The van der Waals surface area contributed by atoms with E-state index in [0.29, 0.717) is 11.8 Å². The number of rotatable bonds is 4. The zero-order chi connectivity index (χ0) is 13.8. The minimum atomic E-state index is -0.357. The predicted octanol–water partition coefficient (Wildman–Crippen LogP) is 2.24. The number of aryl methyl sites for hydroxylation is 1. The van der Waals surface area contributed by atoms with Gasteiger partial charge in [0.15, 0.2) is 10.8 Å². The van der Waals surface area contributed by atoms with Crippen LogP contribution in [0.25, 0.3) is 0 Å². The SMILES string of the molecule is CCOC1CCN(c2nc(C(=O)OC)c(C)s2)CC1. The minimum absolute atomic E-state index is 0.357. The Morgan fingerprint density at radius 1 is 1.47 bits per heavy atom. The molecular weight excluding hydrogens is 264 g/mol. The Morgan fingerprint density at radius 3 is 2.74 bits per heavy atom. The fourth-order valence-corrected chi connectivity index (χ4v) is 3.20. The Kier molecular flexibility index (Phi) is 4.76. The van der Waals surface area contributed by atoms with Gasteiger partial charge >= 0.3 is 5.97 Å². The molecule has 0 N–H and O–H groups in total. The van der Waals surface area contributed by atoms with Gasteiger partial charge < -0.3 is 14.4 Å². The molecule has 0 saturated carbocycles. The zero-order valence-electron chi connectivity index (χ0n) is 11.6. The van der Waals surface area contributed by atoms with Crippen LogP contribution in [0.4, 0.5) is 5.13 Å². The van der Waals surface area contributed by atoms with E-state index in [0.717, 1.165) is 42.5 Å². The van der Waals surface area contributed by atoms with E-state index in [2.05, 4.69) is 9.88 Å². The monoisotopic (exact) mass is 284 g/mol. The third-order valence-electron chi connectivity index (χ3n) is 3.28. The third-order valence-corrected chi connectivity index (χ3v) is 4.31. The molecule has 1 saturated heterocycles. The molecule has 106 valence electrons. The van der Waals surface area contributed by atoms with E-state index in [9.17, 15) is 4.79 Å². The van der Waals surface area contributed by atoms with E-state index in [1.807, 2.05) is 13.8 Å². The number of esters is 1. The molecule has 1 fully saturated rings. The van der Waals surface area contributed by atoms with Crippen LogP contribution in [0.2, 0.25) is 0 Å². The highest BCUT2D eigenvalue weighted by Crippen LogP contribution is 2.28. The molecule has 0 bridgehead atoms. The van der Waals surface area contributed by atoms with Crippen molar-refractivity contribution in [2.45, 2.75) is 32.8 Å². The second kappa shape index (κ2) is 6.34. The van der Waals surface area contributed by atoms with Gasteiger partial charge in [-0.05, 0) is 26.7 Å². The molecule has 0 amide bonds. The van der Waals surface area contributed by atoms with Crippen LogP contribution >= 0.6 is 11.3 Å². The molecule has 1 aromatic heterocycles. The molecule has 0 aliphatic carbocycles. The highest BCUT2D eigenvalue weighted by atomic mass is 32.1. The van der Waals surface area contributed by atoms with Crippen LogP contribution in [-0.4, -0.2) is 43.9 Å². The van der Waals surface area contributed by atoms with E-state index in [1.54, 1.807) is 11.3 Å². The number of hydrogen-bond acceptors (Lipinski definition) is 6. The second-order valence-corrected chi connectivity index (χ2v) is 5.72. The molecule has 2 rings (SSSR count). The number of nitrogens with zero attached hydrogens (tertiary/aromatic N) is 2. The van der Waals surface area contributed by atoms with Crippen LogP contribution in [0.15, 0.2) is 0 Å². The molecule has 0 spiro atoms. The van der Waals surface area contributed by atoms with E-state index < -0.39 is 0 Å². The molecule has 19 heavy (non-hydrogen) atoms. The Morgan fingerprint density at radius 2 is 2.16 bits per heavy atom. The fourth-order valence-electron chi connectivity index (χ4n) is 2.25. The maximum absolute atomic E-state index is 11.6. The van der Waals surface area contributed by atoms with Crippen molar-refractivity contribution < 1.29 is 14.3 Å². The van der Waals surface area contributed by atoms with Crippen molar-refractivity contribution in [2.75, 3.05) is 31.7 Å². The lowest BCUT2D eigenvalue weighted by atomic mass is 10.1. The van der Waals surface area contributed by atoms with Gasteiger partial charge in [0.1, 0.15) is 0 Å². The molecule has 0 atom stereocenters. The van der Waals surface area contributed by atoms with Crippen molar-refractivity contribution in [1.29, 1.82) is 0 Å². The summed E-state index contributed by atoms with van der Waals surface area (Å²) in [7, 11) is 1.38. The highest BCUT2D eigenvalue weighted by molar-refractivity contribution is 7.15. The normalized spacial score (nSPS) is 16.7. The Bertz CT molecular complexity index is 439. The third kappa shape index (κ3) is 3.25. The number of thiazole rings is 1. The van der Waals surface area contributed by atoms with E-state index in [1.165, 1.54) is 7.11 Å². The smallest absolute Gasteiger partial charge is 0.357 e. The maximum Gasteiger partial charge on any atom is 0.357 e. The van der Waals surface area contributed by atoms with Crippen molar-refractivity contribution in [3.05, 3.63) is 10.6 Å². The summed E-state index contributed by atoms with van der Waals surface area (Å²) in [5.41, 5.74) is 0.439. The lowest BCUT2D eigenvalue weighted by Crippen LogP contribution is -2.37. The second-order valence-electron chi connectivity index (χ2n) is 4.53. The van der Waals surface area contributed by atoms with Crippen LogP contribution in [0.3, 0.4) is 0 Å². The first-order valence-electron chi connectivity index (χ1n) is 6.58. The van der Waals surface area contributed by atoms with Crippen molar-refractivity contribution in [1.82, 2.24) is 4.98 Å². The molecule has 1 aromatic rings. The molecule has 6 heteroatoms. The molecule has 0 unspecified atom stereocenters. The average Bonchev–Trinajstić information content (AvgIpc) is 2.81. The standard InChI is InChI=1S/C13H20N2O3S/c1-4-18-10-5-7-15(8-6-10)13-14-11(9(2)19-13)12(16)17-3/h10H,4-8H2,1-3H3. The first-order valence-corrected chi connectivity index (χ1v) is 7.39. The number of anilines is 1. The number of piperidine rings is 1. The molecular formula is C13H20N2O3S. The Balaban J connectivity index is 2.02. The van der Waals surface area contributed by atoms with Crippen molar-refractivity contribution >= 4 is 22.4 Å². The quantitative estimate of drug-likeness (QED) is 0.794. The predicted molar refractivity (Wildman–Crippen MR) is 75.1 cm³/mol. The number of methoxy groups -OCH3 is 1. The van der Waals surface area contributed by atoms with Crippen LogP contribution in [-0.2, 0) is 9.47 Å². The molecule has 0 radical (unpaired) electrons. The zero-order valence-corrected chi connectivity index (χ0v) is 12.5.